The van der Waals surface area contributed by atoms with Crippen molar-refractivity contribution in [2.75, 3.05) is 12.4 Å². The number of nitrogens with one attached hydrogen (secondary N) is 1. The summed E-state index contributed by atoms with van der Waals surface area (Å²) in [4.78, 5) is 22.2. The third-order valence-corrected chi connectivity index (χ3v) is 3.48. The van der Waals surface area contributed by atoms with Crippen LogP contribution in [0.5, 0.6) is 5.75 Å². The first-order valence-corrected chi connectivity index (χ1v) is 7.36. The lowest BCUT2D eigenvalue weighted by Crippen LogP contribution is -2.09. The highest BCUT2D eigenvalue weighted by molar-refractivity contribution is 9.10. The van der Waals surface area contributed by atoms with Crippen molar-refractivity contribution < 1.29 is 14.5 Å². The summed E-state index contributed by atoms with van der Waals surface area (Å²) in [5.41, 5.74) is 1.13. The monoisotopic (exact) mass is 376 g/mol. The minimum atomic E-state index is -0.526. The van der Waals surface area contributed by atoms with E-state index >= 15 is 0 Å². The lowest BCUT2D eigenvalue weighted by atomic mass is 10.2. The highest BCUT2D eigenvalue weighted by Crippen LogP contribution is 2.28. The number of hydrogen-bond acceptors (Lipinski definition) is 4. The first-order chi connectivity index (χ1) is 11.0. The van der Waals surface area contributed by atoms with Crippen molar-refractivity contribution in [1.29, 1.82) is 0 Å². The summed E-state index contributed by atoms with van der Waals surface area (Å²) in [6.07, 6.45) is 3.05. The van der Waals surface area contributed by atoms with Crippen LogP contribution in [0.1, 0.15) is 5.56 Å². The Morgan fingerprint density at radius 3 is 2.57 bits per heavy atom. The normalized spacial score (nSPS) is 10.5. The number of carbonyl (C=O) groups is 1. The van der Waals surface area contributed by atoms with Crippen LogP contribution in [0.2, 0.25) is 0 Å². The number of amides is 1. The van der Waals surface area contributed by atoms with E-state index in [2.05, 4.69) is 21.2 Å². The van der Waals surface area contributed by atoms with Gasteiger partial charge in [0.25, 0.3) is 5.69 Å². The van der Waals surface area contributed by atoms with E-state index in [4.69, 9.17) is 4.74 Å². The van der Waals surface area contributed by atoms with Crippen LogP contribution in [-0.2, 0) is 4.79 Å². The van der Waals surface area contributed by atoms with Crippen LogP contribution in [0.25, 0.3) is 6.08 Å². The molecule has 0 unspecified atom stereocenters. The zero-order chi connectivity index (χ0) is 16.8. The summed E-state index contributed by atoms with van der Waals surface area (Å²) in [7, 11) is 1.38. The van der Waals surface area contributed by atoms with E-state index in [1.54, 1.807) is 6.08 Å². The minimum Gasteiger partial charge on any atom is -0.494 e. The maximum absolute atomic E-state index is 11.9. The number of nitro groups is 1. The van der Waals surface area contributed by atoms with Crippen LogP contribution in [0.3, 0.4) is 0 Å². The van der Waals surface area contributed by atoms with Gasteiger partial charge in [-0.15, -0.1) is 0 Å². The van der Waals surface area contributed by atoms with Crippen molar-refractivity contribution in [3.05, 3.63) is 68.7 Å². The molecule has 0 heterocycles. The highest BCUT2D eigenvalue weighted by Gasteiger charge is 2.12. The molecule has 23 heavy (non-hydrogen) atoms. The topological polar surface area (TPSA) is 81.5 Å². The number of halogens is 1. The summed E-state index contributed by atoms with van der Waals surface area (Å²) < 4.78 is 6.02. The van der Waals surface area contributed by atoms with Gasteiger partial charge in [-0.2, -0.15) is 0 Å². The average Bonchev–Trinajstić information content (AvgIpc) is 2.54. The second-order valence-corrected chi connectivity index (χ2v) is 5.43. The Balaban J connectivity index is 2.10. The van der Waals surface area contributed by atoms with Crippen molar-refractivity contribution in [3.63, 3.8) is 0 Å². The molecule has 0 atom stereocenters. The Bertz CT molecular complexity index is 757. The first kappa shape index (κ1) is 16.7. The van der Waals surface area contributed by atoms with E-state index < -0.39 is 4.92 Å². The van der Waals surface area contributed by atoms with E-state index in [1.807, 2.05) is 24.3 Å². The lowest BCUT2D eigenvalue weighted by molar-refractivity contribution is -0.384. The molecule has 118 valence electrons. The van der Waals surface area contributed by atoms with Gasteiger partial charge < -0.3 is 10.1 Å². The number of benzene rings is 2. The fourth-order valence-corrected chi connectivity index (χ4v) is 2.08. The second-order valence-electron chi connectivity index (χ2n) is 4.52. The van der Waals surface area contributed by atoms with E-state index in [1.165, 1.54) is 31.4 Å². The van der Waals surface area contributed by atoms with Gasteiger partial charge in [0.2, 0.25) is 5.91 Å². The quantitative estimate of drug-likeness (QED) is 0.485. The van der Waals surface area contributed by atoms with Gasteiger partial charge in [-0.3, -0.25) is 14.9 Å². The summed E-state index contributed by atoms with van der Waals surface area (Å²) >= 11 is 3.34. The summed E-state index contributed by atoms with van der Waals surface area (Å²) in [5.74, 6) is -0.135. The predicted molar refractivity (Wildman–Crippen MR) is 91.5 cm³/mol. The van der Waals surface area contributed by atoms with E-state index in [9.17, 15) is 14.9 Å². The number of ether oxygens (including phenoxy) is 1. The molecule has 0 saturated carbocycles. The average molecular weight is 377 g/mol. The van der Waals surface area contributed by atoms with Crippen LogP contribution in [0.15, 0.2) is 53.0 Å². The Morgan fingerprint density at radius 2 is 1.96 bits per heavy atom. The predicted octanol–water partition coefficient (Wildman–Crippen LogP) is 4.02. The third kappa shape index (κ3) is 4.65. The fourth-order valence-electron chi connectivity index (χ4n) is 1.82. The van der Waals surface area contributed by atoms with Crippen LogP contribution in [-0.4, -0.2) is 17.9 Å². The van der Waals surface area contributed by atoms with Crippen molar-refractivity contribution in [3.8, 4) is 5.75 Å². The molecule has 1 N–H and O–H groups in total. The molecule has 2 aromatic rings. The number of nitro benzene ring substituents is 1. The minimum absolute atomic E-state index is 0.106. The molecule has 2 aromatic carbocycles. The number of non-ortho nitro benzene ring substituents is 1. The molecule has 2 rings (SSSR count). The summed E-state index contributed by atoms with van der Waals surface area (Å²) in [6.45, 7) is 0. The number of methoxy groups -OCH3 is 1. The number of hydrogen-bond donors (Lipinski definition) is 1. The van der Waals surface area contributed by atoms with Crippen LogP contribution < -0.4 is 10.1 Å². The van der Waals surface area contributed by atoms with Crippen LogP contribution >= 0.6 is 15.9 Å². The molecule has 0 spiro atoms. The fraction of sp³-hybridized carbons (Fsp3) is 0.0625. The molecule has 7 heteroatoms. The van der Waals surface area contributed by atoms with E-state index in [0.717, 1.165) is 10.0 Å². The molecular weight excluding hydrogens is 364 g/mol. The Hall–Kier alpha value is -2.67. The standard InChI is InChI=1S/C16H13BrN2O4/c1-23-15-10-13(19(21)22)7-8-14(15)18-16(20)9-4-11-2-5-12(17)6-3-11/h2-10H,1H3,(H,18,20). The van der Waals surface area contributed by atoms with Crippen molar-refractivity contribution in [2.24, 2.45) is 0 Å². The molecule has 0 radical (unpaired) electrons. The third-order valence-electron chi connectivity index (χ3n) is 2.95. The number of nitrogens with zero attached hydrogens (tertiary/aromatic N) is 1. The zero-order valence-corrected chi connectivity index (χ0v) is 13.7. The van der Waals surface area contributed by atoms with E-state index in [-0.39, 0.29) is 17.3 Å². The van der Waals surface area contributed by atoms with Crippen LogP contribution in [0, 0.1) is 10.1 Å². The summed E-state index contributed by atoms with van der Waals surface area (Å²) in [5, 5.41) is 13.4. The van der Waals surface area contributed by atoms with Gasteiger partial charge in [-0.1, -0.05) is 28.1 Å². The van der Waals surface area contributed by atoms with Gasteiger partial charge in [0, 0.05) is 16.6 Å². The van der Waals surface area contributed by atoms with Gasteiger partial charge in [-0.05, 0) is 29.8 Å². The maximum atomic E-state index is 11.9. The second kappa shape index (κ2) is 7.55. The van der Waals surface area contributed by atoms with Gasteiger partial charge in [0.1, 0.15) is 5.75 Å². The van der Waals surface area contributed by atoms with Crippen molar-refractivity contribution >= 4 is 39.3 Å². The molecule has 0 bridgehead atoms. The highest BCUT2D eigenvalue weighted by atomic mass is 79.9. The molecule has 0 aliphatic carbocycles. The maximum Gasteiger partial charge on any atom is 0.273 e. The zero-order valence-electron chi connectivity index (χ0n) is 12.2. The van der Waals surface area contributed by atoms with Crippen LogP contribution in [0.4, 0.5) is 11.4 Å². The molecular formula is C16H13BrN2O4. The molecule has 0 saturated heterocycles. The lowest BCUT2D eigenvalue weighted by Gasteiger charge is -2.08. The Kier molecular flexibility index (Phi) is 5.48. The Labute approximate surface area is 141 Å². The van der Waals surface area contributed by atoms with Gasteiger partial charge >= 0.3 is 0 Å². The molecule has 0 aromatic heterocycles. The largest absolute Gasteiger partial charge is 0.494 e. The Morgan fingerprint density at radius 1 is 1.26 bits per heavy atom. The van der Waals surface area contributed by atoms with Gasteiger partial charge in [0.05, 0.1) is 23.8 Å². The SMILES string of the molecule is COc1cc([N+](=O)[O-])ccc1NC(=O)C=Cc1ccc(Br)cc1. The number of anilines is 1. The van der Waals surface area contributed by atoms with Gasteiger partial charge in [0.15, 0.2) is 0 Å². The number of rotatable bonds is 5. The van der Waals surface area contributed by atoms with E-state index in [0.29, 0.717) is 5.69 Å². The molecule has 1 amide bonds. The smallest absolute Gasteiger partial charge is 0.273 e. The molecule has 0 aliphatic heterocycles. The first-order valence-electron chi connectivity index (χ1n) is 6.56. The summed E-state index contributed by atoms with van der Waals surface area (Å²) in [6, 6.07) is 11.5. The number of carbonyl (C=O) groups excluding carboxylic acids is 1. The molecule has 0 aliphatic rings. The molecule has 0 fully saturated rings. The van der Waals surface area contributed by atoms with Gasteiger partial charge in [-0.25, -0.2) is 0 Å². The van der Waals surface area contributed by atoms with Crippen molar-refractivity contribution in [2.45, 2.75) is 0 Å². The van der Waals surface area contributed by atoms with Crippen molar-refractivity contribution in [1.82, 2.24) is 0 Å². The molecule has 6 nitrogen and oxygen atoms in total.